The van der Waals surface area contributed by atoms with E-state index in [0.29, 0.717) is 26.1 Å². The van der Waals surface area contributed by atoms with Crippen LogP contribution in [0.4, 0.5) is 10.5 Å². The Morgan fingerprint density at radius 3 is 2.62 bits per heavy atom. The van der Waals surface area contributed by atoms with E-state index in [1.807, 2.05) is 0 Å². The van der Waals surface area contributed by atoms with Gasteiger partial charge >= 0.3 is 12.0 Å². The minimum Gasteiger partial charge on any atom is -0.478 e. The van der Waals surface area contributed by atoms with Crippen molar-refractivity contribution in [3.8, 4) is 0 Å². The van der Waals surface area contributed by atoms with Crippen LogP contribution in [0, 0.1) is 0 Å². The maximum absolute atomic E-state index is 12.1. The lowest BCUT2D eigenvalue weighted by Crippen LogP contribution is -2.42. The minimum absolute atomic E-state index is 0.142. The summed E-state index contributed by atoms with van der Waals surface area (Å²) in [6, 6.07) is 4.49. The predicted octanol–water partition coefficient (Wildman–Crippen LogP) is 0.593. The summed E-state index contributed by atoms with van der Waals surface area (Å²) in [5.41, 5.74) is 1.81. The second-order valence-electron chi connectivity index (χ2n) is 4.77. The average molecular weight is 291 g/mol. The van der Waals surface area contributed by atoms with E-state index in [1.165, 1.54) is 13.0 Å². The third-order valence-electron chi connectivity index (χ3n) is 3.24. The summed E-state index contributed by atoms with van der Waals surface area (Å²) in [6.45, 7) is 2.65. The topological polar surface area (TPSA) is 98.7 Å². The summed E-state index contributed by atoms with van der Waals surface area (Å²) in [5, 5.41) is 14.3. The summed E-state index contributed by atoms with van der Waals surface area (Å²) >= 11 is 0. The molecule has 112 valence electrons. The van der Waals surface area contributed by atoms with Crippen molar-refractivity contribution >= 4 is 23.6 Å². The van der Waals surface area contributed by atoms with Crippen molar-refractivity contribution in [3.63, 3.8) is 0 Å². The standard InChI is InChI=1S/C14H17N3O4/c1-9(18)15-5-6-16-14(21)17-7-4-10-8-11(13(19)20)2-3-12(10)17/h2-3,8H,4-7H2,1H3,(H,15,18)(H,16,21)(H,19,20). The fraction of sp³-hybridized carbons (Fsp3) is 0.357. The number of amides is 3. The van der Waals surface area contributed by atoms with Crippen molar-refractivity contribution < 1.29 is 19.5 Å². The number of carboxylic acid groups (broad SMARTS) is 1. The van der Waals surface area contributed by atoms with Crippen LogP contribution in [0.5, 0.6) is 0 Å². The van der Waals surface area contributed by atoms with E-state index in [4.69, 9.17) is 5.11 Å². The summed E-state index contributed by atoms with van der Waals surface area (Å²) in [7, 11) is 0. The molecule has 21 heavy (non-hydrogen) atoms. The number of carboxylic acids is 1. The largest absolute Gasteiger partial charge is 0.478 e. The van der Waals surface area contributed by atoms with E-state index >= 15 is 0 Å². The first-order chi connectivity index (χ1) is 9.99. The van der Waals surface area contributed by atoms with Crippen molar-refractivity contribution in [2.75, 3.05) is 24.5 Å². The van der Waals surface area contributed by atoms with Crippen LogP contribution in [0.25, 0.3) is 0 Å². The van der Waals surface area contributed by atoms with Gasteiger partial charge in [-0.05, 0) is 30.2 Å². The molecule has 1 aliphatic rings. The van der Waals surface area contributed by atoms with Gasteiger partial charge in [0.2, 0.25) is 5.91 Å². The van der Waals surface area contributed by atoms with Crippen molar-refractivity contribution in [2.24, 2.45) is 0 Å². The number of rotatable bonds is 4. The Bertz CT molecular complexity index is 586. The maximum atomic E-state index is 12.1. The van der Waals surface area contributed by atoms with E-state index in [-0.39, 0.29) is 17.5 Å². The van der Waals surface area contributed by atoms with Gasteiger partial charge in [0, 0.05) is 32.2 Å². The third kappa shape index (κ3) is 3.50. The molecule has 1 heterocycles. The second-order valence-corrected chi connectivity index (χ2v) is 4.77. The van der Waals surface area contributed by atoms with Gasteiger partial charge in [0.1, 0.15) is 0 Å². The van der Waals surface area contributed by atoms with Crippen LogP contribution >= 0.6 is 0 Å². The number of carbonyl (C=O) groups is 3. The molecule has 0 fully saturated rings. The molecule has 0 bridgehead atoms. The molecule has 0 radical (unpaired) electrons. The van der Waals surface area contributed by atoms with Crippen LogP contribution in [0.3, 0.4) is 0 Å². The summed E-state index contributed by atoms with van der Waals surface area (Å²) in [6.07, 6.45) is 0.634. The predicted molar refractivity (Wildman–Crippen MR) is 76.5 cm³/mol. The molecular weight excluding hydrogens is 274 g/mol. The number of anilines is 1. The van der Waals surface area contributed by atoms with Gasteiger partial charge < -0.3 is 15.7 Å². The van der Waals surface area contributed by atoms with Crippen LogP contribution in [-0.4, -0.2) is 42.6 Å². The molecule has 0 aromatic heterocycles. The molecule has 0 saturated heterocycles. The van der Waals surface area contributed by atoms with Crippen LogP contribution in [-0.2, 0) is 11.2 Å². The van der Waals surface area contributed by atoms with Gasteiger partial charge in [0.15, 0.2) is 0 Å². The minimum atomic E-state index is -0.976. The summed E-state index contributed by atoms with van der Waals surface area (Å²) in [5.74, 6) is -1.12. The highest BCUT2D eigenvalue weighted by molar-refractivity contribution is 5.96. The maximum Gasteiger partial charge on any atom is 0.335 e. The molecule has 1 aromatic rings. The molecule has 1 aromatic carbocycles. The number of hydrogen-bond donors (Lipinski definition) is 3. The smallest absolute Gasteiger partial charge is 0.335 e. The lowest BCUT2D eigenvalue weighted by Gasteiger charge is -2.18. The molecule has 0 atom stereocenters. The van der Waals surface area contributed by atoms with Crippen molar-refractivity contribution in [2.45, 2.75) is 13.3 Å². The average Bonchev–Trinajstić information content (AvgIpc) is 2.86. The Hall–Kier alpha value is -2.57. The van der Waals surface area contributed by atoms with E-state index < -0.39 is 5.97 Å². The molecule has 0 unspecified atom stereocenters. The molecule has 2 rings (SSSR count). The SMILES string of the molecule is CC(=O)NCCNC(=O)N1CCc2cc(C(=O)O)ccc21. The quantitative estimate of drug-likeness (QED) is 0.707. The number of urea groups is 1. The number of hydrogen-bond acceptors (Lipinski definition) is 3. The highest BCUT2D eigenvalue weighted by atomic mass is 16.4. The zero-order valence-electron chi connectivity index (χ0n) is 11.7. The zero-order valence-corrected chi connectivity index (χ0v) is 11.7. The fourth-order valence-corrected chi connectivity index (χ4v) is 2.25. The van der Waals surface area contributed by atoms with Crippen LogP contribution in [0.2, 0.25) is 0 Å². The Morgan fingerprint density at radius 2 is 1.95 bits per heavy atom. The monoisotopic (exact) mass is 291 g/mol. The van der Waals surface area contributed by atoms with Crippen molar-refractivity contribution in [1.29, 1.82) is 0 Å². The van der Waals surface area contributed by atoms with Gasteiger partial charge in [-0.3, -0.25) is 9.69 Å². The molecule has 0 spiro atoms. The molecule has 7 nitrogen and oxygen atoms in total. The van der Waals surface area contributed by atoms with Crippen LogP contribution in [0.1, 0.15) is 22.8 Å². The first-order valence-corrected chi connectivity index (χ1v) is 6.65. The van der Waals surface area contributed by atoms with Gasteiger partial charge in [-0.15, -0.1) is 0 Å². The Labute approximate surface area is 121 Å². The van der Waals surface area contributed by atoms with Crippen LogP contribution in [0.15, 0.2) is 18.2 Å². The first kappa shape index (κ1) is 14.8. The van der Waals surface area contributed by atoms with Crippen LogP contribution < -0.4 is 15.5 Å². The number of aromatic carboxylic acids is 1. The number of fused-ring (bicyclic) bond motifs is 1. The van der Waals surface area contributed by atoms with E-state index in [2.05, 4.69) is 10.6 Å². The zero-order chi connectivity index (χ0) is 15.4. The number of nitrogens with zero attached hydrogens (tertiary/aromatic N) is 1. The van der Waals surface area contributed by atoms with E-state index in [9.17, 15) is 14.4 Å². The number of nitrogens with one attached hydrogen (secondary N) is 2. The molecule has 7 heteroatoms. The first-order valence-electron chi connectivity index (χ1n) is 6.65. The Morgan fingerprint density at radius 1 is 1.24 bits per heavy atom. The van der Waals surface area contributed by atoms with Gasteiger partial charge in [0.25, 0.3) is 0 Å². The van der Waals surface area contributed by atoms with Gasteiger partial charge in [0.05, 0.1) is 5.56 Å². The van der Waals surface area contributed by atoms with Gasteiger partial charge in [-0.25, -0.2) is 9.59 Å². The van der Waals surface area contributed by atoms with Gasteiger partial charge in [-0.2, -0.15) is 0 Å². The van der Waals surface area contributed by atoms with Crippen molar-refractivity contribution in [1.82, 2.24) is 10.6 Å². The molecular formula is C14H17N3O4. The molecule has 3 amide bonds. The second kappa shape index (κ2) is 6.25. The number of benzene rings is 1. The highest BCUT2D eigenvalue weighted by Gasteiger charge is 2.25. The van der Waals surface area contributed by atoms with Gasteiger partial charge in [-0.1, -0.05) is 0 Å². The molecule has 0 aliphatic carbocycles. The molecule has 1 aliphatic heterocycles. The highest BCUT2D eigenvalue weighted by Crippen LogP contribution is 2.28. The molecule has 3 N–H and O–H groups in total. The normalized spacial score (nSPS) is 12.7. The Kier molecular flexibility index (Phi) is 4.42. The lowest BCUT2D eigenvalue weighted by molar-refractivity contribution is -0.118. The summed E-state index contributed by atoms with van der Waals surface area (Å²) < 4.78 is 0. The number of carbonyl (C=O) groups excluding carboxylic acids is 2. The molecule has 0 saturated carbocycles. The van der Waals surface area contributed by atoms with Crippen molar-refractivity contribution in [3.05, 3.63) is 29.3 Å². The fourth-order valence-electron chi connectivity index (χ4n) is 2.25. The lowest BCUT2D eigenvalue weighted by atomic mass is 10.1. The Balaban J connectivity index is 1.97. The summed E-state index contributed by atoms with van der Waals surface area (Å²) in [4.78, 5) is 35.3. The van der Waals surface area contributed by atoms with E-state index in [1.54, 1.807) is 17.0 Å². The third-order valence-corrected chi connectivity index (χ3v) is 3.24. The van der Waals surface area contributed by atoms with E-state index in [0.717, 1.165) is 11.3 Å².